The molecule has 0 amide bonds. The minimum absolute atomic E-state index is 0. The van der Waals surface area contributed by atoms with Crippen LogP contribution in [0.1, 0.15) is 6.42 Å². The summed E-state index contributed by atoms with van der Waals surface area (Å²) in [7, 11) is -2.65. The van der Waals surface area contributed by atoms with Crippen molar-refractivity contribution in [2.45, 2.75) is 17.7 Å². The van der Waals surface area contributed by atoms with Gasteiger partial charge in [0.2, 0.25) is 0 Å². The molecule has 0 spiro atoms. The lowest BCUT2D eigenvalue weighted by Gasteiger charge is -2.10. The van der Waals surface area contributed by atoms with Gasteiger partial charge in [-0.2, -0.15) is 0 Å². The maximum absolute atomic E-state index is 11.0. The zero-order valence-electron chi connectivity index (χ0n) is 5.82. The second kappa shape index (κ2) is 3.47. The highest BCUT2D eigenvalue weighted by molar-refractivity contribution is 7.92. The highest BCUT2D eigenvalue weighted by atomic mass is 35.5. The normalized spacial score (nSPS) is 37.5. The monoisotopic (exact) mass is 219 g/mol. The van der Waals surface area contributed by atoms with Gasteiger partial charge in [0.1, 0.15) is 0 Å². The number of nitrogens with one attached hydrogen (secondary N) is 1. The second-order valence-corrected chi connectivity index (χ2v) is 5.12. The molecule has 11 heavy (non-hydrogen) atoms. The quantitative estimate of drug-likeness (QED) is 0.624. The SMILES string of the molecule is Cl.Cl.O=S1(=O)CC2CC1CN2. The number of rotatable bonds is 0. The van der Waals surface area contributed by atoms with Crippen LogP contribution in [0.5, 0.6) is 0 Å². The van der Waals surface area contributed by atoms with Crippen LogP contribution < -0.4 is 5.32 Å². The van der Waals surface area contributed by atoms with Crippen molar-refractivity contribution >= 4 is 34.7 Å². The average Bonchev–Trinajstić information content (AvgIpc) is 2.19. The third kappa shape index (κ3) is 1.80. The predicted octanol–water partition coefficient (Wildman–Crippen LogP) is -0.0111. The lowest BCUT2D eigenvalue weighted by Crippen LogP contribution is -2.35. The van der Waals surface area contributed by atoms with Crippen molar-refractivity contribution in [2.24, 2.45) is 0 Å². The molecule has 2 aliphatic rings. The van der Waals surface area contributed by atoms with Gasteiger partial charge in [-0.1, -0.05) is 0 Å². The summed E-state index contributed by atoms with van der Waals surface area (Å²) in [5.41, 5.74) is 0. The zero-order valence-corrected chi connectivity index (χ0v) is 8.27. The Bertz CT molecular complexity index is 229. The molecule has 0 aromatic heterocycles. The Balaban J connectivity index is 0.000000500. The van der Waals surface area contributed by atoms with E-state index in [0.29, 0.717) is 12.3 Å². The largest absolute Gasteiger partial charge is 0.312 e. The average molecular weight is 220 g/mol. The molecule has 3 nitrogen and oxygen atoms in total. The van der Waals surface area contributed by atoms with Gasteiger partial charge in [0.15, 0.2) is 9.84 Å². The van der Waals surface area contributed by atoms with Crippen molar-refractivity contribution in [3.63, 3.8) is 0 Å². The van der Waals surface area contributed by atoms with Crippen molar-refractivity contribution in [3.05, 3.63) is 0 Å². The van der Waals surface area contributed by atoms with Gasteiger partial charge in [-0.3, -0.25) is 0 Å². The summed E-state index contributed by atoms with van der Waals surface area (Å²) < 4.78 is 22.0. The number of hydrogen-bond acceptors (Lipinski definition) is 3. The molecule has 6 heteroatoms. The molecule has 0 aromatic rings. The van der Waals surface area contributed by atoms with E-state index in [1.807, 2.05) is 0 Å². The number of fused-ring (bicyclic) bond motifs is 2. The van der Waals surface area contributed by atoms with Crippen LogP contribution >= 0.6 is 24.8 Å². The van der Waals surface area contributed by atoms with Crippen molar-refractivity contribution in [1.82, 2.24) is 5.32 Å². The minimum atomic E-state index is -2.65. The first-order valence-corrected chi connectivity index (χ1v) is 4.85. The third-order valence-electron chi connectivity index (χ3n) is 2.12. The number of hydrogen-bond donors (Lipinski definition) is 1. The zero-order chi connectivity index (χ0) is 6.48. The molecular formula is C5H11Cl2NO2S. The topological polar surface area (TPSA) is 46.2 Å². The predicted molar refractivity (Wildman–Crippen MR) is 48.5 cm³/mol. The molecule has 0 aliphatic carbocycles. The van der Waals surface area contributed by atoms with Gasteiger partial charge in [0, 0.05) is 12.6 Å². The summed E-state index contributed by atoms with van der Waals surface area (Å²) in [5, 5.41) is 3.08. The Labute approximate surface area is 78.7 Å². The van der Waals surface area contributed by atoms with E-state index in [1.54, 1.807) is 0 Å². The van der Waals surface area contributed by atoms with Gasteiger partial charge in [-0.25, -0.2) is 8.42 Å². The van der Waals surface area contributed by atoms with Gasteiger partial charge in [-0.15, -0.1) is 24.8 Å². The molecular weight excluding hydrogens is 209 g/mol. The lowest BCUT2D eigenvalue weighted by atomic mass is 10.3. The molecule has 2 atom stereocenters. The first-order valence-electron chi connectivity index (χ1n) is 3.13. The summed E-state index contributed by atoms with van der Waals surface area (Å²) in [5.74, 6) is 0.373. The van der Waals surface area contributed by atoms with Crippen molar-refractivity contribution < 1.29 is 8.42 Å². The Kier molecular flexibility index (Phi) is 3.63. The molecule has 2 bridgehead atoms. The van der Waals surface area contributed by atoms with Gasteiger partial charge >= 0.3 is 0 Å². The highest BCUT2D eigenvalue weighted by Crippen LogP contribution is 2.25. The molecule has 68 valence electrons. The lowest BCUT2D eigenvalue weighted by molar-refractivity contribution is 0.576. The Morgan fingerprint density at radius 1 is 1.27 bits per heavy atom. The fourth-order valence-corrected chi connectivity index (χ4v) is 3.56. The molecule has 2 fully saturated rings. The first kappa shape index (κ1) is 11.5. The molecule has 2 saturated heterocycles. The third-order valence-corrected chi connectivity index (χ3v) is 4.36. The summed E-state index contributed by atoms with van der Waals surface area (Å²) >= 11 is 0. The van der Waals surface area contributed by atoms with Crippen LogP contribution in [0.25, 0.3) is 0 Å². The Hall–Kier alpha value is 0.490. The van der Waals surface area contributed by atoms with Gasteiger partial charge in [-0.05, 0) is 6.42 Å². The van der Waals surface area contributed by atoms with Crippen LogP contribution in [0.4, 0.5) is 0 Å². The maximum Gasteiger partial charge on any atom is 0.155 e. The van der Waals surface area contributed by atoms with Gasteiger partial charge < -0.3 is 5.32 Å². The number of sulfone groups is 1. The minimum Gasteiger partial charge on any atom is -0.312 e. The van der Waals surface area contributed by atoms with Crippen molar-refractivity contribution in [3.8, 4) is 0 Å². The fraction of sp³-hybridized carbons (Fsp3) is 1.00. The fourth-order valence-electron chi connectivity index (χ4n) is 1.60. The Morgan fingerprint density at radius 3 is 2.09 bits per heavy atom. The molecule has 0 radical (unpaired) electrons. The molecule has 2 rings (SSSR count). The van der Waals surface area contributed by atoms with E-state index < -0.39 is 9.84 Å². The first-order chi connectivity index (χ1) is 4.18. The van der Waals surface area contributed by atoms with Crippen molar-refractivity contribution in [1.29, 1.82) is 0 Å². The van der Waals surface area contributed by atoms with E-state index in [2.05, 4.69) is 5.32 Å². The van der Waals surface area contributed by atoms with Crippen LogP contribution in [0.2, 0.25) is 0 Å². The summed E-state index contributed by atoms with van der Waals surface area (Å²) in [6.45, 7) is 0.688. The maximum atomic E-state index is 11.0. The highest BCUT2D eigenvalue weighted by Gasteiger charge is 2.43. The van der Waals surface area contributed by atoms with Crippen LogP contribution in [0, 0.1) is 0 Å². The summed E-state index contributed by atoms with van der Waals surface area (Å²) in [6, 6.07) is 0.278. The van der Waals surface area contributed by atoms with Crippen LogP contribution in [-0.2, 0) is 9.84 Å². The second-order valence-electron chi connectivity index (χ2n) is 2.79. The molecule has 2 heterocycles. The van der Waals surface area contributed by atoms with Gasteiger partial charge in [0.05, 0.1) is 11.0 Å². The van der Waals surface area contributed by atoms with Crippen LogP contribution in [0.15, 0.2) is 0 Å². The van der Waals surface area contributed by atoms with E-state index in [-0.39, 0.29) is 36.1 Å². The van der Waals surface area contributed by atoms with Crippen molar-refractivity contribution in [2.75, 3.05) is 12.3 Å². The number of halogens is 2. The smallest absolute Gasteiger partial charge is 0.155 e. The Morgan fingerprint density at radius 2 is 1.91 bits per heavy atom. The summed E-state index contributed by atoms with van der Waals surface area (Å²) in [6.07, 6.45) is 0.850. The molecule has 2 aliphatic heterocycles. The van der Waals surface area contributed by atoms with E-state index >= 15 is 0 Å². The standard InChI is InChI=1S/C5H9NO2S.2ClH/c7-9(8)3-4-1-5(9)2-6-4;;/h4-6H,1-3H2;2*1H. The molecule has 0 saturated carbocycles. The van der Waals surface area contributed by atoms with E-state index in [4.69, 9.17) is 0 Å². The molecule has 1 N–H and O–H groups in total. The van der Waals surface area contributed by atoms with Gasteiger partial charge in [0.25, 0.3) is 0 Å². The van der Waals surface area contributed by atoms with Crippen LogP contribution in [-0.4, -0.2) is 32.0 Å². The molecule has 0 aromatic carbocycles. The van der Waals surface area contributed by atoms with Crippen LogP contribution in [0.3, 0.4) is 0 Å². The van der Waals surface area contributed by atoms with E-state index in [0.717, 1.165) is 6.42 Å². The van der Waals surface area contributed by atoms with E-state index in [9.17, 15) is 8.42 Å². The van der Waals surface area contributed by atoms with E-state index in [1.165, 1.54) is 0 Å². The molecule has 2 unspecified atom stereocenters. The summed E-state index contributed by atoms with van der Waals surface area (Å²) in [4.78, 5) is 0.